The van der Waals surface area contributed by atoms with Crippen molar-refractivity contribution in [1.29, 1.82) is 0 Å². The van der Waals surface area contributed by atoms with Gasteiger partial charge < -0.3 is 10.8 Å². The zero-order valence-electron chi connectivity index (χ0n) is 22.8. The van der Waals surface area contributed by atoms with Crippen molar-refractivity contribution >= 4 is 16.8 Å². The molecular formula is C34H30N6O. The van der Waals surface area contributed by atoms with Crippen LogP contribution in [0.3, 0.4) is 0 Å². The van der Waals surface area contributed by atoms with Crippen molar-refractivity contribution in [2.75, 3.05) is 0 Å². The molecule has 0 radical (unpaired) electrons. The second kappa shape index (κ2) is 8.77. The quantitative estimate of drug-likeness (QED) is 0.276. The van der Waals surface area contributed by atoms with Crippen molar-refractivity contribution in [3.8, 4) is 33.9 Å². The van der Waals surface area contributed by atoms with Gasteiger partial charge in [0, 0.05) is 22.2 Å². The fourth-order valence-corrected chi connectivity index (χ4v) is 6.57. The van der Waals surface area contributed by atoms with Gasteiger partial charge in [0.05, 0.1) is 17.0 Å². The van der Waals surface area contributed by atoms with Crippen LogP contribution in [0, 0.1) is 12.8 Å². The van der Waals surface area contributed by atoms with E-state index in [0.29, 0.717) is 24.4 Å². The summed E-state index contributed by atoms with van der Waals surface area (Å²) < 4.78 is 1.99. The van der Waals surface area contributed by atoms with Gasteiger partial charge in [-0.25, -0.2) is 9.97 Å². The lowest BCUT2D eigenvalue weighted by atomic mass is 9.60. The van der Waals surface area contributed by atoms with E-state index < -0.39 is 11.1 Å². The normalized spacial score (nSPS) is 22.2. The molecule has 0 amide bonds. The maximum atomic E-state index is 10.9. The summed E-state index contributed by atoms with van der Waals surface area (Å²) in [6.45, 7) is 2.07. The minimum absolute atomic E-state index is 0.420. The van der Waals surface area contributed by atoms with E-state index in [0.717, 1.165) is 69.0 Å². The van der Waals surface area contributed by atoms with Crippen molar-refractivity contribution in [2.24, 2.45) is 11.7 Å². The summed E-state index contributed by atoms with van der Waals surface area (Å²) >= 11 is 0. The number of aliphatic hydroxyl groups is 1. The van der Waals surface area contributed by atoms with Crippen molar-refractivity contribution in [3.63, 3.8) is 0 Å². The second-order valence-corrected chi connectivity index (χ2v) is 11.9. The fraction of sp³-hybridized carbons (Fsp3) is 0.235. The van der Waals surface area contributed by atoms with Crippen LogP contribution >= 0.6 is 0 Å². The van der Waals surface area contributed by atoms with E-state index in [4.69, 9.17) is 15.7 Å². The third-order valence-corrected chi connectivity index (χ3v) is 8.83. The molecule has 0 bridgehead atoms. The zero-order chi connectivity index (χ0) is 27.8. The van der Waals surface area contributed by atoms with E-state index in [1.54, 1.807) is 0 Å². The standard InChI is InChI=1S/C34H30N6O/c1-21-6-5-9-24(18-21)31-39-38-28-17-16-27-32(40(28)31)37-30(22-7-3-2-4-8-22)29(36-27)23-10-12-25(13-11-23)33(35)19-34(41,20-33)26-14-15-26/h2-13,16-18,26,41H,14-15,19-20,35H2,1H3/t33-,34-. The van der Waals surface area contributed by atoms with Gasteiger partial charge in [0.15, 0.2) is 17.1 Å². The lowest BCUT2D eigenvalue weighted by Crippen LogP contribution is -2.60. The Balaban J connectivity index is 1.27. The summed E-state index contributed by atoms with van der Waals surface area (Å²) in [5, 5.41) is 19.9. The molecule has 0 saturated heterocycles. The highest BCUT2D eigenvalue weighted by atomic mass is 16.3. The number of aromatic nitrogens is 5. The van der Waals surface area contributed by atoms with E-state index in [9.17, 15) is 5.11 Å². The molecule has 0 spiro atoms. The van der Waals surface area contributed by atoms with Gasteiger partial charge in [-0.15, -0.1) is 10.2 Å². The van der Waals surface area contributed by atoms with Crippen LogP contribution in [0.1, 0.15) is 36.8 Å². The predicted molar refractivity (Wildman–Crippen MR) is 160 cm³/mol. The van der Waals surface area contributed by atoms with Crippen LogP contribution in [0.2, 0.25) is 0 Å². The van der Waals surface area contributed by atoms with Crippen LogP contribution in [0.4, 0.5) is 0 Å². The molecule has 2 fully saturated rings. The first kappa shape index (κ1) is 24.3. The van der Waals surface area contributed by atoms with Gasteiger partial charge in [-0.2, -0.15) is 0 Å². The molecule has 2 aliphatic rings. The number of rotatable bonds is 5. The number of hydrogen-bond acceptors (Lipinski definition) is 6. The van der Waals surface area contributed by atoms with E-state index in [2.05, 4.69) is 65.7 Å². The molecule has 8 rings (SSSR count). The topological polar surface area (TPSA) is 102 Å². The number of aryl methyl sites for hydroxylation is 1. The predicted octanol–water partition coefficient (Wildman–Crippen LogP) is 6.07. The molecule has 41 heavy (non-hydrogen) atoms. The molecule has 0 atom stereocenters. The van der Waals surface area contributed by atoms with Gasteiger partial charge in [-0.3, -0.25) is 4.40 Å². The molecule has 2 aliphatic carbocycles. The van der Waals surface area contributed by atoms with E-state index in [1.807, 2.05) is 46.9 Å². The second-order valence-electron chi connectivity index (χ2n) is 11.9. The number of benzene rings is 3. The van der Waals surface area contributed by atoms with Crippen molar-refractivity contribution in [3.05, 3.63) is 102 Å². The Hall–Kier alpha value is -4.46. The molecule has 3 heterocycles. The first-order valence-corrected chi connectivity index (χ1v) is 14.2. The van der Waals surface area contributed by atoms with E-state index in [1.165, 1.54) is 0 Å². The Morgan fingerprint density at radius 2 is 1.49 bits per heavy atom. The number of pyridine rings is 1. The molecule has 2 saturated carbocycles. The van der Waals surface area contributed by atoms with Gasteiger partial charge in [-0.1, -0.05) is 78.4 Å². The molecule has 7 heteroatoms. The summed E-state index contributed by atoms with van der Waals surface area (Å²) in [4.78, 5) is 10.4. The summed E-state index contributed by atoms with van der Waals surface area (Å²) in [6, 6.07) is 30.6. The van der Waals surface area contributed by atoms with E-state index >= 15 is 0 Å². The Morgan fingerprint density at radius 3 is 2.22 bits per heavy atom. The molecule has 202 valence electrons. The first-order valence-electron chi connectivity index (χ1n) is 14.2. The van der Waals surface area contributed by atoms with E-state index in [-0.39, 0.29) is 0 Å². The maximum absolute atomic E-state index is 10.9. The molecule has 3 aromatic carbocycles. The highest BCUT2D eigenvalue weighted by Crippen LogP contribution is 2.57. The number of fused-ring (bicyclic) bond motifs is 3. The summed E-state index contributed by atoms with van der Waals surface area (Å²) in [5.74, 6) is 1.16. The van der Waals surface area contributed by atoms with Crippen LogP contribution in [0.15, 0.2) is 91.0 Å². The van der Waals surface area contributed by atoms with Gasteiger partial charge >= 0.3 is 0 Å². The lowest BCUT2D eigenvalue weighted by molar-refractivity contribution is -0.106. The molecule has 6 aromatic rings. The highest BCUT2D eigenvalue weighted by Gasteiger charge is 2.58. The summed E-state index contributed by atoms with van der Waals surface area (Å²) in [7, 11) is 0. The zero-order valence-corrected chi connectivity index (χ0v) is 22.8. The van der Waals surface area contributed by atoms with Crippen molar-refractivity contribution < 1.29 is 5.11 Å². The summed E-state index contributed by atoms with van der Waals surface area (Å²) in [5.41, 5.74) is 14.6. The number of nitrogens with zero attached hydrogens (tertiary/aromatic N) is 5. The number of nitrogens with two attached hydrogens (primary N) is 1. The Kier molecular flexibility index (Phi) is 5.21. The molecule has 3 N–H and O–H groups in total. The van der Waals surface area contributed by atoms with Crippen LogP contribution < -0.4 is 5.73 Å². The van der Waals surface area contributed by atoms with Gasteiger partial charge in [0.2, 0.25) is 0 Å². The van der Waals surface area contributed by atoms with Gasteiger partial charge in [0.25, 0.3) is 0 Å². The van der Waals surface area contributed by atoms with Crippen LogP contribution in [0.25, 0.3) is 50.7 Å². The molecule has 7 nitrogen and oxygen atoms in total. The smallest absolute Gasteiger partial charge is 0.170 e. The van der Waals surface area contributed by atoms with Crippen LogP contribution in [-0.2, 0) is 5.54 Å². The average Bonchev–Trinajstić information content (AvgIpc) is 3.75. The van der Waals surface area contributed by atoms with Crippen LogP contribution in [-0.4, -0.2) is 35.3 Å². The maximum Gasteiger partial charge on any atom is 0.170 e. The fourth-order valence-electron chi connectivity index (χ4n) is 6.57. The molecule has 3 aromatic heterocycles. The Bertz CT molecular complexity index is 1940. The third-order valence-electron chi connectivity index (χ3n) is 8.83. The monoisotopic (exact) mass is 538 g/mol. The average molecular weight is 539 g/mol. The first-order chi connectivity index (χ1) is 19.9. The van der Waals surface area contributed by atoms with Gasteiger partial charge in [-0.05, 0) is 62.3 Å². The van der Waals surface area contributed by atoms with Crippen molar-refractivity contribution in [2.45, 2.75) is 43.7 Å². The Morgan fingerprint density at radius 1 is 0.780 bits per heavy atom. The van der Waals surface area contributed by atoms with Crippen LogP contribution in [0.5, 0.6) is 0 Å². The third kappa shape index (κ3) is 3.96. The SMILES string of the molecule is Cc1cccc(-c2nnc3ccc4nc(-c5ccc([C@]6(N)C[C@@](O)(C7CC7)C6)cc5)c(-c5ccccc5)nc4n23)c1. The highest BCUT2D eigenvalue weighted by molar-refractivity contribution is 5.87. The summed E-state index contributed by atoms with van der Waals surface area (Å²) in [6.07, 6.45) is 3.46. The molecule has 0 aliphatic heterocycles. The van der Waals surface area contributed by atoms with Crippen molar-refractivity contribution in [1.82, 2.24) is 24.6 Å². The Labute approximate surface area is 237 Å². The minimum Gasteiger partial charge on any atom is -0.389 e. The number of hydrogen-bond donors (Lipinski definition) is 2. The van der Waals surface area contributed by atoms with Gasteiger partial charge in [0.1, 0.15) is 5.52 Å². The molecular weight excluding hydrogens is 508 g/mol. The molecule has 0 unspecified atom stereocenters. The lowest BCUT2D eigenvalue weighted by Gasteiger charge is -2.52. The largest absolute Gasteiger partial charge is 0.389 e. The minimum atomic E-state index is -0.595.